The lowest BCUT2D eigenvalue weighted by atomic mass is 10.4. The zero-order valence-electron chi connectivity index (χ0n) is 7.90. The Balaban J connectivity index is 2.63. The molecule has 6 heteroatoms. The van der Waals surface area contributed by atoms with Crippen molar-refractivity contribution in [2.45, 2.75) is 0 Å². The largest absolute Gasteiger partial charge is 0.381 e. The summed E-state index contributed by atoms with van der Waals surface area (Å²) in [6.45, 7) is 0. The van der Waals surface area contributed by atoms with Crippen molar-refractivity contribution in [2.75, 3.05) is 5.73 Å². The van der Waals surface area contributed by atoms with Crippen LogP contribution in [0.15, 0.2) is 12.4 Å². The van der Waals surface area contributed by atoms with Crippen molar-refractivity contribution in [1.29, 1.82) is 0 Å². The molecule has 0 bridgehead atoms. The van der Waals surface area contributed by atoms with E-state index in [4.69, 9.17) is 5.73 Å². The highest BCUT2D eigenvalue weighted by Gasteiger charge is 2.17. The van der Waals surface area contributed by atoms with Crippen LogP contribution >= 0.6 is 0 Å². The van der Waals surface area contributed by atoms with Crippen molar-refractivity contribution in [1.82, 2.24) is 19.3 Å². The van der Waals surface area contributed by atoms with Gasteiger partial charge in [0.05, 0.1) is 0 Å². The van der Waals surface area contributed by atoms with Crippen LogP contribution < -0.4 is 5.73 Å². The molecule has 2 heterocycles. The van der Waals surface area contributed by atoms with Gasteiger partial charge in [0.1, 0.15) is 0 Å². The molecule has 0 atom stereocenters. The van der Waals surface area contributed by atoms with Gasteiger partial charge in [0.2, 0.25) is 0 Å². The van der Waals surface area contributed by atoms with Crippen molar-refractivity contribution >= 4 is 5.82 Å². The number of aromatic nitrogens is 4. The number of anilines is 1. The lowest BCUT2D eigenvalue weighted by molar-refractivity contribution is 0.632. The predicted octanol–water partition coefficient (Wildman–Crippen LogP) is 0.542. The molecule has 2 N–H and O–H groups in total. The third kappa shape index (κ3) is 1.07. The van der Waals surface area contributed by atoms with Crippen LogP contribution in [0.2, 0.25) is 0 Å². The van der Waals surface area contributed by atoms with E-state index in [2.05, 4.69) is 10.1 Å². The second-order valence-electron chi connectivity index (χ2n) is 3.03. The average molecular weight is 195 g/mol. The Morgan fingerprint density at radius 2 is 2.14 bits per heavy atom. The smallest absolute Gasteiger partial charge is 0.196 e. The molecule has 2 rings (SSSR count). The van der Waals surface area contributed by atoms with Gasteiger partial charge in [0, 0.05) is 26.5 Å². The first-order valence-electron chi connectivity index (χ1n) is 4.07. The molecule has 2 aromatic rings. The van der Waals surface area contributed by atoms with Gasteiger partial charge < -0.3 is 10.3 Å². The van der Waals surface area contributed by atoms with Crippen molar-refractivity contribution in [3.8, 4) is 11.5 Å². The zero-order chi connectivity index (χ0) is 10.3. The van der Waals surface area contributed by atoms with Crippen LogP contribution in [0.5, 0.6) is 0 Å². The maximum atomic E-state index is 13.5. The average Bonchev–Trinajstić information content (AvgIpc) is 2.66. The van der Waals surface area contributed by atoms with Crippen LogP contribution in [0.3, 0.4) is 0 Å². The Bertz CT molecular complexity index is 470. The maximum Gasteiger partial charge on any atom is 0.196 e. The molecule has 0 radical (unpaired) electrons. The predicted molar refractivity (Wildman–Crippen MR) is 49.8 cm³/mol. The Hall–Kier alpha value is -1.85. The summed E-state index contributed by atoms with van der Waals surface area (Å²) in [5.74, 6) is -0.0420. The van der Waals surface area contributed by atoms with E-state index >= 15 is 0 Å². The lowest BCUT2D eigenvalue weighted by Crippen LogP contribution is -1.98. The van der Waals surface area contributed by atoms with Gasteiger partial charge in [-0.25, -0.2) is 14.1 Å². The number of halogens is 1. The molecule has 0 amide bonds. The number of rotatable bonds is 1. The van der Waals surface area contributed by atoms with E-state index in [0.717, 1.165) is 0 Å². The summed E-state index contributed by atoms with van der Waals surface area (Å²) in [4.78, 5) is 3.99. The Morgan fingerprint density at radius 1 is 1.43 bits per heavy atom. The highest BCUT2D eigenvalue weighted by Crippen LogP contribution is 2.22. The Morgan fingerprint density at radius 3 is 2.57 bits per heavy atom. The van der Waals surface area contributed by atoms with Crippen LogP contribution in [-0.2, 0) is 14.1 Å². The fraction of sp³-hybridized carbons (Fsp3) is 0.250. The van der Waals surface area contributed by atoms with Crippen molar-refractivity contribution < 1.29 is 4.39 Å². The topological polar surface area (TPSA) is 61.7 Å². The van der Waals surface area contributed by atoms with Gasteiger partial charge in [-0.1, -0.05) is 0 Å². The minimum atomic E-state index is -0.526. The molecule has 2 aromatic heterocycles. The highest BCUT2D eigenvalue weighted by molar-refractivity contribution is 5.56. The molecule has 0 aromatic carbocycles. The molecule has 0 fully saturated rings. The van der Waals surface area contributed by atoms with E-state index < -0.39 is 5.82 Å². The van der Waals surface area contributed by atoms with Gasteiger partial charge in [-0.15, -0.1) is 0 Å². The SMILES string of the molecule is Cn1ccnc1-c1nn(C)c(N)c1F. The van der Waals surface area contributed by atoms with Crippen LogP contribution in [0.25, 0.3) is 11.5 Å². The third-order valence-electron chi connectivity index (χ3n) is 2.06. The summed E-state index contributed by atoms with van der Waals surface area (Å²) < 4.78 is 16.5. The quantitative estimate of drug-likeness (QED) is 0.722. The van der Waals surface area contributed by atoms with Gasteiger partial charge in [-0.2, -0.15) is 5.10 Å². The van der Waals surface area contributed by atoms with E-state index in [1.807, 2.05) is 0 Å². The van der Waals surface area contributed by atoms with E-state index in [-0.39, 0.29) is 11.5 Å². The third-order valence-corrected chi connectivity index (χ3v) is 2.06. The number of nitrogen functional groups attached to an aromatic ring is 1. The molecule has 0 aliphatic carbocycles. The minimum Gasteiger partial charge on any atom is -0.381 e. The highest BCUT2D eigenvalue weighted by atomic mass is 19.1. The minimum absolute atomic E-state index is 0.0167. The summed E-state index contributed by atoms with van der Waals surface area (Å²) in [6.07, 6.45) is 3.30. The number of hydrogen-bond acceptors (Lipinski definition) is 3. The summed E-state index contributed by atoms with van der Waals surface area (Å²) in [5, 5.41) is 3.95. The van der Waals surface area contributed by atoms with E-state index in [1.54, 1.807) is 31.1 Å². The molecule has 0 saturated heterocycles. The number of aryl methyl sites for hydroxylation is 2. The fourth-order valence-electron chi connectivity index (χ4n) is 1.25. The number of hydrogen-bond donors (Lipinski definition) is 1. The molecule has 0 unspecified atom stereocenters. The van der Waals surface area contributed by atoms with Gasteiger partial charge >= 0.3 is 0 Å². The molecule has 0 aliphatic rings. The molecule has 0 aliphatic heterocycles. The molecule has 0 spiro atoms. The van der Waals surface area contributed by atoms with Crippen LogP contribution in [0, 0.1) is 5.82 Å². The first kappa shape index (κ1) is 8.74. The van der Waals surface area contributed by atoms with Gasteiger partial charge in [0.25, 0.3) is 0 Å². The molecule has 0 saturated carbocycles. The zero-order valence-corrected chi connectivity index (χ0v) is 7.90. The first-order valence-corrected chi connectivity index (χ1v) is 4.07. The van der Waals surface area contributed by atoms with Crippen molar-refractivity contribution in [3.63, 3.8) is 0 Å². The van der Waals surface area contributed by atoms with Crippen molar-refractivity contribution in [2.24, 2.45) is 14.1 Å². The molecule has 5 nitrogen and oxygen atoms in total. The monoisotopic (exact) mass is 195 g/mol. The number of nitrogens with zero attached hydrogens (tertiary/aromatic N) is 4. The number of nitrogens with two attached hydrogens (primary N) is 1. The van der Waals surface area contributed by atoms with E-state index in [1.165, 1.54) is 4.68 Å². The second kappa shape index (κ2) is 2.83. The Labute approximate surface area is 80.0 Å². The van der Waals surface area contributed by atoms with Crippen LogP contribution in [0.1, 0.15) is 0 Å². The van der Waals surface area contributed by atoms with Crippen LogP contribution in [0.4, 0.5) is 10.2 Å². The fourth-order valence-corrected chi connectivity index (χ4v) is 1.25. The maximum absolute atomic E-state index is 13.5. The first-order chi connectivity index (χ1) is 6.61. The summed E-state index contributed by atoms with van der Waals surface area (Å²) in [6, 6.07) is 0. The van der Waals surface area contributed by atoms with Gasteiger partial charge in [-0.3, -0.25) is 0 Å². The summed E-state index contributed by atoms with van der Waals surface area (Å²) in [5.41, 5.74) is 5.63. The molecular weight excluding hydrogens is 185 g/mol. The normalized spacial score (nSPS) is 10.8. The Kier molecular flexibility index (Phi) is 1.77. The summed E-state index contributed by atoms with van der Waals surface area (Å²) >= 11 is 0. The van der Waals surface area contributed by atoms with E-state index in [9.17, 15) is 4.39 Å². The molecule has 74 valence electrons. The van der Waals surface area contributed by atoms with Gasteiger partial charge in [0.15, 0.2) is 23.2 Å². The standard InChI is InChI=1S/C8H10FN5/c1-13-4-3-11-8(13)6-5(9)7(10)14(2)12-6/h3-4H,10H2,1-2H3. The molecule has 14 heavy (non-hydrogen) atoms. The summed E-state index contributed by atoms with van der Waals surface area (Å²) in [7, 11) is 3.36. The molecular formula is C8H10FN5. The van der Waals surface area contributed by atoms with E-state index in [0.29, 0.717) is 5.82 Å². The lowest BCUT2D eigenvalue weighted by Gasteiger charge is -1.95. The van der Waals surface area contributed by atoms with Crippen LogP contribution in [-0.4, -0.2) is 19.3 Å². The van der Waals surface area contributed by atoms with Crippen molar-refractivity contribution in [3.05, 3.63) is 18.2 Å². The van der Waals surface area contributed by atoms with Gasteiger partial charge in [-0.05, 0) is 0 Å². The number of imidazole rings is 1. The second-order valence-corrected chi connectivity index (χ2v) is 3.03.